The van der Waals surface area contributed by atoms with Crippen molar-refractivity contribution < 1.29 is 29.0 Å². The predicted octanol–water partition coefficient (Wildman–Crippen LogP) is 1.22. The first kappa shape index (κ1) is 26.0. The first-order valence-electron chi connectivity index (χ1n) is 10.4. The second-order valence-electron chi connectivity index (χ2n) is 8.33. The van der Waals surface area contributed by atoms with Crippen molar-refractivity contribution in [2.45, 2.75) is 51.7 Å². The number of methoxy groups -OCH3 is 1. The van der Waals surface area contributed by atoms with E-state index in [0.29, 0.717) is 11.3 Å². The summed E-state index contributed by atoms with van der Waals surface area (Å²) in [7, 11) is 1.52. The SMILES string of the molecule is COc1ccc(I)cc1CC(=O)N[C@H](C(=O)N[C@@H](CC(=O)O)C(=O)CN1CC1C)C(C)C. The molecule has 0 aliphatic carbocycles. The average molecular weight is 559 g/mol. The Morgan fingerprint density at radius 3 is 2.44 bits per heavy atom. The molecule has 1 fully saturated rings. The number of ketones is 1. The topological polar surface area (TPSA) is 125 Å². The van der Waals surface area contributed by atoms with Crippen LogP contribution in [0.1, 0.15) is 32.8 Å². The fourth-order valence-electron chi connectivity index (χ4n) is 3.32. The Bertz CT molecular complexity index is 875. The van der Waals surface area contributed by atoms with Crippen LogP contribution in [-0.2, 0) is 25.6 Å². The summed E-state index contributed by atoms with van der Waals surface area (Å²) in [6.45, 7) is 6.35. The van der Waals surface area contributed by atoms with Gasteiger partial charge in [-0.05, 0) is 53.6 Å². The second-order valence-corrected chi connectivity index (χ2v) is 9.57. The molecule has 176 valence electrons. The van der Waals surface area contributed by atoms with Crippen molar-refractivity contribution in [3.8, 4) is 5.75 Å². The first-order chi connectivity index (χ1) is 15.0. The zero-order valence-electron chi connectivity index (χ0n) is 18.7. The van der Waals surface area contributed by atoms with Crippen LogP contribution in [0.5, 0.6) is 5.75 Å². The molecule has 1 aromatic carbocycles. The maximum Gasteiger partial charge on any atom is 0.305 e. The monoisotopic (exact) mass is 559 g/mol. The number of carboxylic acid groups (broad SMARTS) is 1. The second kappa shape index (κ2) is 11.6. The van der Waals surface area contributed by atoms with Gasteiger partial charge in [0.1, 0.15) is 11.8 Å². The van der Waals surface area contributed by atoms with Gasteiger partial charge in [0.15, 0.2) is 5.78 Å². The van der Waals surface area contributed by atoms with E-state index >= 15 is 0 Å². The van der Waals surface area contributed by atoms with Crippen LogP contribution in [0.3, 0.4) is 0 Å². The summed E-state index contributed by atoms with van der Waals surface area (Å²) in [4.78, 5) is 51.3. The van der Waals surface area contributed by atoms with Gasteiger partial charge in [-0.2, -0.15) is 0 Å². The number of hydrogen-bond acceptors (Lipinski definition) is 6. The quantitative estimate of drug-likeness (QED) is 0.260. The maximum atomic E-state index is 12.9. The molecule has 10 heteroatoms. The van der Waals surface area contributed by atoms with Gasteiger partial charge in [0, 0.05) is 21.7 Å². The number of nitrogens with zero attached hydrogens (tertiary/aromatic N) is 1. The highest BCUT2D eigenvalue weighted by atomic mass is 127. The van der Waals surface area contributed by atoms with Crippen LogP contribution in [0.25, 0.3) is 0 Å². The maximum absolute atomic E-state index is 12.9. The number of amides is 2. The summed E-state index contributed by atoms with van der Waals surface area (Å²) in [5.74, 6) is -2.20. The molecule has 1 aromatic rings. The minimum atomic E-state index is -1.18. The van der Waals surface area contributed by atoms with Crippen molar-refractivity contribution in [2.24, 2.45) is 5.92 Å². The van der Waals surface area contributed by atoms with E-state index < -0.39 is 30.4 Å². The Morgan fingerprint density at radius 2 is 1.91 bits per heavy atom. The van der Waals surface area contributed by atoms with Gasteiger partial charge in [0.05, 0.1) is 32.5 Å². The molecule has 0 spiro atoms. The van der Waals surface area contributed by atoms with Crippen LogP contribution in [0.4, 0.5) is 0 Å². The fourth-order valence-corrected chi connectivity index (χ4v) is 3.88. The van der Waals surface area contributed by atoms with E-state index in [9.17, 15) is 24.3 Å². The average Bonchev–Trinajstić information content (AvgIpc) is 3.39. The Hall–Kier alpha value is -2.21. The predicted molar refractivity (Wildman–Crippen MR) is 126 cm³/mol. The molecule has 0 radical (unpaired) electrons. The zero-order chi connectivity index (χ0) is 24.0. The van der Waals surface area contributed by atoms with Crippen molar-refractivity contribution in [3.05, 3.63) is 27.3 Å². The summed E-state index contributed by atoms with van der Waals surface area (Å²) in [5, 5.41) is 14.4. The number of ether oxygens (including phenoxy) is 1. The zero-order valence-corrected chi connectivity index (χ0v) is 20.8. The fraction of sp³-hybridized carbons (Fsp3) is 0.545. The standard InChI is InChI=1S/C22H30IN3O6/c1-12(2)21(25-19(28)8-14-7-15(23)5-6-18(14)32-4)22(31)24-16(9-20(29)30)17(27)11-26-10-13(26)3/h5-7,12-13,16,21H,8-11H2,1-4H3,(H,24,31)(H,25,28)(H,29,30)/t13?,16-,21-,26?/m0/s1. The Kier molecular flexibility index (Phi) is 9.44. The Labute approximate surface area is 201 Å². The van der Waals surface area contributed by atoms with E-state index in [-0.39, 0.29) is 36.6 Å². The van der Waals surface area contributed by atoms with Crippen LogP contribution < -0.4 is 15.4 Å². The first-order valence-corrected chi connectivity index (χ1v) is 11.5. The normalized spacial score (nSPS) is 19.1. The van der Waals surface area contributed by atoms with Gasteiger partial charge in [-0.1, -0.05) is 13.8 Å². The lowest BCUT2D eigenvalue weighted by atomic mass is 10.0. The number of carbonyl (C=O) groups excluding carboxylic acids is 3. The molecule has 2 amide bonds. The summed E-state index contributed by atoms with van der Waals surface area (Å²) >= 11 is 2.14. The van der Waals surface area contributed by atoms with Gasteiger partial charge in [-0.15, -0.1) is 0 Å². The molecule has 0 aromatic heterocycles. The highest BCUT2D eigenvalue weighted by Crippen LogP contribution is 2.21. The third-order valence-electron chi connectivity index (χ3n) is 5.29. The Balaban J connectivity index is 2.06. The highest BCUT2D eigenvalue weighted by molar-refractivity contribution is 14.1. The summed E-state index contributed by atoms with van der Waals surface area (Å²) in [6.07, 6.45) is -0.494. The van der Waals surface area contributed by atoms with Gasteiger partial charge in [0.25, 0.3) is 0 Å². The lowest BCUT2D eigenvalue weighted by Crippen LogP contribution is -2.55. The third-order valence-corrected chi connectivity index (χ3v) is 5.96. The summed E-state index contributed by atoms with van der Waals surface area (Å²) in [5.41, 5.74) is 0.686. The molecule has 1 aliphatic rings. The van der Waals surface area contributed by atoms with Crippen molar-refractivity contribution in [2.75, 3.05) is 20.2 Å². The Morgan fingerprint density at radius 1 is 1.25 bits per heavy atom. The molecule has 2 rings (SSSR count). The van der Waals surface area contributed by atoms with Gasteiger partial charge in [-0.3, -0.25) is 24.1 Å². The molecule has 0 bridgehead atoms. The van der Waals surface area contributed by atoms with E-state index in [0.717, 1.165) is 10.1 Å². The molecule has 4 atom stereocenters. The molecule has 3 N–H and O–H groups in total. The number of carbonyl (C=O) groups is 4. The van der Waals surface area contributed by atoms with E-state index in [4.69, 9.17) is 4.74 Å². The minimum absolute atomic E-state index is 0.0147. The molecule has 2 unspecified atom stereocenters. The largest absolute Gasteiger partial charge is 0.496 e. The van der Waals surface area contributed by atoms with E-state index in [1.165, 1.54) is 7.11 Å². The molecule has 9 nitrogen and oxygen atoms in total. The number of aliphatic carboxylic acids is 1. The lowest BCUT2D eigenvalue weighted by Gasteiger charge is -2.25. The number of hydrogen-bond donors (Lipinski definition) is 3. The lowest BCUT2D eigenvalue weighted by molar-refractivity contribution is -0.140. The van der Waals surface area contributed by atoms with Crippen molar-refractivity contribution in [3.63, 3.8) is 0 Å². The number of nitrogens with one attached hydrogen (secondary N) is 2. The third kappa shape index (κ3) is 7.73. The highest BCUT2D eigenvalue weighted by Gasteiger charge is 2.35. The number of carboxylic acids is 1. The van der Waals surface area contributed by atoms with Gasteiger partial charge < -0.3 is 20.5 Å². The van der Waals surface area contributed by atoms with Crippen molar-refractivity contribution in [1.82, 2.24) is 15.5 Å². The molecule has 1 saturated heterocycles. The van der Waals surface area contributed by atoms with Gasteiger partial charge in [0.2, 0.25) is 11.8 Å². The number of rotatable bonds is 12. The van der Waals surface area contributed by atoms with E-state index in [2.05, 4.69) is 33.2 Å². The molecular formula is C22H30IN3O6. The number of Topliss-reactive ketones (excluding diaryl/α,β-unsaturated/α-hetero) is 1. The van der Waals surface area contributed by atoms with E-state index in [1.807, 2.05) is 24.0 Å². The van der Waals surface area contributed by atoms with Crippen LogP contribution >= 0.6 is 22.6 Å². The minimum Gasteiger partial charge on any atom is -0.496 e. The van der Waals surface area contributed by atoms with Crippen molar-refractivity contribution in [1.29, 1.82) is 0 Å². The van der Waals surface area contributed by atoms with E-state index in [1.54, 1.807) is 19.9 Å². The van der Waals surface area contributed by atoms with Crippen LogP contribution in [-0.4, -0.2) is 71.9 Å². The van der Waals surface area contributed by atoms with Crippen LogP contribution in [0.15, 0.2) is 18.2 Å². The van der Waals surface area contributed by atoms with Gasteiger partial charge in [-0.25, -0.2) is 0 Å². The molecular weight excluding hydrogens is 529 g/mol. The smallest absolute Gasteiger partial charge is 0.305 e. The van der Waals surface area contributed by atoms with Gasteiger partial charge >= 0.3 is 5.97 Å². The van der Waals surface area contributed by atoms with Crippen LogP contribution in [0, 0.1) is 9.49 Å². The molecule has 1 heterocycles. The number of benzene rings is 1. The summed E-state index contributed by atoms with van der Waals surface area (Å²) in [6, 6.07) is 3.68. The molecule has 0 saturated carbocycles. The number of halogens is 1. The molecule has 32 heavy (non-hydrogen) atoms. The van der Waals surface area contributed by atoms with Crippen LogP contribution in [0.2, 0.25) is 0 Å². The summed E-state index contributed by atoms with van der Waals surface area (Å²) < 4.78 is 6.25. The van der Waals surface area contributed by atoms with Crippen molar-refractivity contribution >= 4 is 46.2 Å². The molecule has 1 aliphatic heterocycles.